The van der Waals surface area contributed by atoms with Gasteiger partial charge in [0.05, 0.1) is 62.0 Å². The van der Waals surface area contributed by atoms with Crippen molar-refractivity contribution in [3.05, 3.63) is 71.8 Å². The highest BCUT2D eigenvalue weighted by atomic mass is 16.7. The smallest absolute Gasteiger partial charge is 0.338 e. The molecule has 14 heteroatoms. The highest BCUT2D eigenvalue weighted by molar-refractivity contribution is 5.89. The van der Waals surface area contributed by atoms with Gasteiger partial charge in [0.15, 0.2) is 37.2 Å². The maximum atomic E-state index is 13.7. The number of hydrogen-bond donors (Lipinski definition) is 0. The zero-order valence-corrected chi connectivity index (χ0v) is 41.1. The molecule has 4 fully saturated rings. The van der Waals surface area contributed by atoms with Crippen LogP contribution in [0.2, 0.25) is 0 Å². The molecule has 368 valence electrons. The molecule has 0 amide bonds. The SMILES string of the molecule is CCC1O[C@H](O[C@@H]2C(OCc3ccccc3)[C@H](C)OC(CO[C@H]3OC(CO[C@H]4OC(CC)[C@@H](C)[C@H](C)C4OC(C)=O)[C@@H](C)[C@H](C)C3OC(=O)c3ccccc3)[C@H]2C)C(OC(C)=O)[C@@H](C)[C@@H]1C. The summed E-state index contributed by atoms with van der Waals surface area (Å²) in [5.41, 5.74) is 1.41. The zero-order chi connectivity index (χ0) is 47.8. The number of hydrogen-bond acceptors (Lipinski definition) is 14. The normalized spacial score (nSPS) is 39.4. The summed E-state index contributed by atoms with van der Waals surface area (Å²) in [5, 5.41) is 0. The van der Waals surface area contributed by atoms with E-state index >= 15 is 0 Å². The van der Waals surface area contributed by atoms with Gasteiger partial charge in [0.25, 0.3) is 0 Å². The van der Waals surface area contributed by atoms with E-state index in [9.17, 15) is 14.4 Å². The van der Waals surface area contributed by atoms with Crippen LogP contribution in [0.1, 0.15) is 112 Å². The van der Waals surface area contributed by atoms with Crippen molar-refractivity contribution in [3.63, 3.8) is 0 Å². The van der Waals surface area contributed by atoms with Crippen molar-refractivity contribution < 1.29 is 66.5 Å². The molecule has 0 N–H and O–H groups in total. The van der Waals surface area contributed by atoms with Crippen molar-refractivity contribution in [2.75, 3.05) is 13.2 Å². The second-order valence-electron chi connectivity index (χ2n) is 19.3. The van der Waals surface area contributed by atoms with Gasteiger partial charge in [0.2, 0.25) is 0 Å². The third-order valence-corrected chi connectivity index (χ3v) is 14.9. The van der Waals surface area contributed by atoms with E-state index in [4.69, 9.17) is 52.1 Å². The van der Waals surface area contributed by atoms with Crippen LogP contribution < -0.4 is 0 Å². The Morgan fingerprint density at radius 3 is 1.42 bits per heavy atom. The minimum absolute atomic E-state index is 0.00708. The van der Waals surface area contributed by atoms with Crippen LogP contribution in [0, 0.1) is 41.4 Å². The molecule has 0 aromatic heterocycles. The fourth-order valence-electron chi connectivity index (χ4n) is 10.1. The predicted octanol–water partition coefficient (Wildman–Crippen LogP) is 8.31. The molecule has 0 bridgehead atoms. The largest absolute Gasteiger partial charge is 0.457 e. The Kier molecular flexibility index (Phi) is 18.6. The molecular formula is C52H76O14. The summed E-state index contributed by atoms with van der Waals surface area (Å²) >= 11 is 0. The standard InChI is InChI=1S/C52H76O14/c1-13-40-28(3)31(6)45(60-36(11)53)50(62-40)57-26-42-30(5)33(8)46(65-49(55)39-23-19-16-20-24-39)51(64-42)58-27-43-34(9)44(48(35(10)59-43)56-25-38-21-17-15-18-22-38)66-52-47(61-37(12)54)32(7)29(4)41(14-2)63-52/h15-24,28-35,40-48,50-52H,13-14,25-27H2,1-12H3/t28-,29-,30-,31-,32-,33-,34+,35-,40?,41?,42?,43?,44-,45?,46?,47?,48?,50-,51-,52+/m0/s1. The molecule has 0 spiro atoms. The van der Waals surface area contributed by atoms with E-state index in [0.29, 0.717) is 12.2 Å². The fraction of sp³-hybridized carbons (Fsp3) is 0.712. The summed E-state index contributed by atoms with van der Waals surface area (Å²) < 4.78 is 71.4. The minimum atomic E-state index is -1.02. The average molecular weight is 925 g/mol. The molecule has 6 rings (SSSR count). The zero-order valence-electron chi connectivity index (χ0n) is 41.1. The van der Waals surface area contributed by atoms with E-state index in [-0.39, 0.29) is 66.8 Å². The molecule has 20 atom stereocenters. The Balaban J connectivity index is 1.24. The van der Waals surface area contributed by atoms with Crippen LogP contribution in [0.25, 0.3) is 0 Å². The first-order chi connectivity index (χ1) is 31.5. The third kappa shape index (κ3) is 12.4. The van der Waals surface area contributed by atoms with Crippen LogP contribution in [-0.4, -0.2) is 111 Å². The second-order valence-corrected chi connectivity index (χ2v) is 19.3. The average Bonchev–Trinajstić information content (AvgIpc) is 3.30. The van der Waals surface area contributed by atoms with Crippen LogP contribution >= 0.6 is 0 Å². The first-order valence-electron chi connectivity index (χ1n) is 24.3. The summed E-state index contributed by atoms with van der Waals surface area (Å²) in [5.74, 6) is -1.80. The number of ether oxygens (including phenoxy) is 11. The predicted molar refractivity (Wildman–Crippen MR) is 244 cm³/mol. The summed E-state index contributed by atoms with van der Waals surface area (Å²) in [6.45, 7) is 23.8. The molecule has 0 saturated carbocycles. The Morgan fingerprint density at radius 1 is 0.470 bits per heavy atom. The van der Waals surface area contributed by atoms with E-state index in [1.54, 1.807) is 24.3 Å². The van der Waals surface area contributed by atoms with Gasteiger partial charge in [0.1, 0.15) is 6.10 Å². The van der Waals surface area contributed by atoms with Crippen molar-refractivity contribution in [2.45, 2.75) is 182 Å². The maximum absolute atomic E-state index is 13.7. The number of benzene rings is 2. The maximum Gasteiger partial charge on any atom is 0.338 e. The molecule has 0 aliphatic carbocycles. The Labute approximate surface area is 392 Å². The van der Waals surface area contributed by atoms with Gasteiger partial charge in [0, 0.05) is 37.5 Å². The minimum Gasteiger partial charge on any atom is -0.457 e. The molecule has 4 heterocycles. The van der Waals surface area contributed by atoms with E-state index < -0.39 is 85.6 Å². The third-order valence-electron chi connectivity index (χ3n) is 14.9. The van der Waals surface area contributed by atoms with Gasteiger partial charge in [-0.3, -0.25) is 9.59 Å². The van der Waals surface area contributed by atoms with Crippen molar-refractivity contribution in [1.29, 1.82) is 0 Å². The van der Waals surface area contributed by atoms with Crippen molar-refractivity contribution in [3.8, 4) is 0 Å². The van der Waals surface area contributed by atoms with Crippen molar-refractivity contribution in [1.82, 2.24) is 0 Å². The van der Waals surface area contributed by atoms with Gasteiger partial charge in [-0.05, 0) is 55.2 Å². The molecule has 66 heavy (non-hydrogen) atoms. The van der Waals surface area contributed by atoms with Gasteiger partial charge in [-0.15, -0.1) is 0 Å². The lowest BCUT2D eigenvalue weighted by molar-refractivity contribution is -0.332. The van der Waals surface area contributed by atoms with Gasteiger partial charge < -0.3 is 52.1 Å². The van der Waals surface area contributed by atoms with Crippen molar-refractivity contribution in [2.24, 2.45) is 41.4 Å². The van der Waals surface area contributed by atoms with E-state index in [2.05, 4.69) is 41.5 Å². The molecule has 2 aromatic carbocycles. The molecule has 4 aliphatic heterocycles. The number of rotatable bonds is 17. The number of carbonyl (C=O) groups is 3. The topological polar surface area (TPSA) is 153 Å². The molecule has 0 radical (unpaired) electrons. The van der Waals surface area contributed by atoms with Gasteiger partial charge in [-0.2, -0.15) is 0 Å². The fourth-order valence-corrected chi connectivity index (χ4v) is 10.1. The van der Waals surface area contributed by atoms with Crippen LogP contribution in [0.3, 0.4) is 0 Å². The van der Waals surface area contributed by atoms with E-state index in [1.807, 2.05) is 64.1 Å². The Hall–Kier alpha value is -3.47. The summed E-state index contributed by atoms with van der Waals surface area (Å²) in [4.78, 5) is 38.4. The molecule has 14 nitrogen and oxygen atoms in total. The monoisotopic (exact) mass is 925 g/mol. The van der Waals surface area contributed by atoms with Crippen LogP contribution in [0.4, 0.5) is 0 Å². The van der Waals surface area contributed by atoms with Gasteiger partial charge in [-0.1, -0.05) is 111 Å². The molecule has 2 aromatic rings. The van der Waals surface area contributed by atoms with E-state index in [1.165, 1.54) is 13.8 Å². The van der Waals surface area contributed by atoms with Gasteiger partial charge >= 0.3 is 17.9 Å². The first kappa shape index (κ1) is 51.9. The summed E-state index contributed by atoms with van der Waals surface area (Å²) in [7, 11) is 0. The second kappa shape index (κ2) is 23.7. The Morgan fingerprint density at radius 2 is 0.909 bits per heavy atom. The van der Waals surface area contributed by atoms with Crippen LogP contribution in [0.15, 0.2) is 60.7 Å². The molecular weight excluding hydrogens is 849 g/mol. The summed E-state index contributed by atoms with van der Waals surface area (Å²) in [6, 6.07) is 18.8. The molecule has 4 saturated heterocycles. The lowest BCUT2D eigenvalue weighted by Gasteiger charge is -2.49. The number of esters is 3. The Bertz CT molecular complexity index is 1830. The van der Waals surface area contributed by atoms with Gasteiger partial charge in [-0.25, -0.2) is 4.79 Å². The van der Waals surface area contributed by atoms with E-state index in [0.717, 1.165) is 18.4 Å². The highest BCUT2D eigenvalue weighted by Crippen LogP contribution is 2.41. The number of carbonyl (C=O) groups excluding carboxylic acids is 3. The molecule has 4 aliphatic rings. The first-order valence-corrected chi connectivity index (χ1v) is 24.3. The van der Waals surface area contributed by atoms with Crippen LogP contribution in [0.5, 0.6) is 0 Å². The summed E-state index contributed by atoms with van der Waals surface area (Å²) in [6.07, 6.45) is -5.98. The lowest BCUT2D eigenvalue weighted by atomic mass is 9.82. The highest BCUT2D eigenvalue weighted by Gasteiger charge is 2.52. The quantitative estimate of drug-likeness (QED) is 0.110. The van der Waals surface area contributed by atoms with Crippen LogP contribution in [-0.2, 0) is 68.3 Å². The molecule has 8 unspecified atom stereocenters. The lowest BCUT2D eigenvalue weighted by Crippen LogP contribution is -2.60. The van der Waals surface area contributed by atoms with Crippen molar-refractivity contribution >= 4 is 17.9 Å².